The van der Waals surface area contributed by atoms with E-state index in [0.717, 1.165) is 44.1 Å². The molecule has 1 aromatic carbocycles. The molecule has 0 bridgehead atoms. The quantitative estimate of drug-likeness (QED) is 0.829. The number of morpholine rings is 1. The van der Waals surface area contributed by atoms with Gasteiger partial charge in [-0.1, -0.05) is 19.1 Å². The topological polar surface area (TPSA) is 79.4 Å². The lowest BCUT2D eigenvalue weighted by atomic mass is 10.2. The Morgan fingerprint density at radius 3 is 2.69 bits per heavy atom. The molecule has 1 aliphatic heterocycles. The van der Waals surface area contributed by atoms with E-state index in [0.29, 0.717) is 11.5 Å². The number of amides is 1. The summed E-state index contributed by atoms with van der Waals surface area (Å²) in [6.45, 7) is 7.17. The van der Waals surface area contributed by atoms with Gasteiger partial charge in [0.05, 0.1) is 37.0 Å². The molecule has 3 rings (SSSR count). The van der Waals surface area contributed by atoms with Gasteiger partial charge >= 0.3 is 0 Å². The maximum Gasteiger partial charge on any atom is 0.271 e. The molecule has 0 aliphatic carbocycles. The van der Waals surface area contributed by atoms with E-state index >= 15 is 0 Å². The molecule has 7 heteroatoms. The highest BCUT2D eigenvalue weighted by atomic mass is 16.5. The van der Waals surface area contributed by atoms with Crippen molar-refractivity contribution in [2.45, 2.75) is 26.3 Å². The number of para-hydroxylation sites is 2. The van der Waals surface area contributed by atoms with Crippen LogP contribution < -0.4 is 15.5 Å². The average molecular weight is 355 g/mol. The van der Waals surface area contributed by atoms with Crippen molar-refractivity contribution in [3.63, 3.8) is 0 Å². The van der Waals surface area contributed by atoms with Crippen molar-refractivity contribution >= 4 is 23.1 Å². The van der Waals surface area contributed by atoms with Crippen LogP contribution >= 0.6 is 0 Å². The first-order valence-electron chi connectivity index (χ1n) is 8.99. The fourth-order valence-electron chi connectivity index (χ4n) is 2.71. The molecule has 1 unspecified atom stereocenters. The van der Waals surface area contributed by atoms with Crippen LogP contribution in [-0.4, -0.2) is 48.2 Å². The van der Waals surface area contributed by atoms with E-state index in [2.05, 4.69) is 31.6 Å². The van der Waals surface area contributed by atoms with Gasteiger partial charge in [-0.2, -0.15) is 0 Å². The molecule has 1 aliphatic rings. The number of carbonyl (C=O) groups is 1. The Morgan fingerprint density at radius 2 is 2.00 bits per heavy atom. The lowest BCUT2D eigenvalue weighted by Crippen LogP contribution is -2.36. The van der Waals surface area contributed by atoms with Crippen molar-refractivity contribution < 1.29 is 9.53 Å². The SMILES string of the molecule is CCC(C)NC(=O)c1cnc(Nc2ccccc2N2CCOCC2)cn1. The van der Waals surface area contributed by atoms with Crippen LogP contribution in [0.4, 0.5) is 17.2 Å². The molecule has 1 saturated heterocycles. The number of rotatable bonds is 6. The van der Waals surface area contributed by atoms with Crippen LogP contribution in [0.3, 0.4) is 0 Å². The van der Waals surface area contributed by atoms with E-state index in [4.69, 9.17) is 4.74 Å². The van der Waals surface area contributed by atoms with E-state index in [1.807, 2.05) is 32.0 Å². The van der Waals surface area contributed by atoms with Crippen LogP contribution in [0.5, 0.6) is 0 Å². The second kappa shape index (κ2) is 8.62. The van der Waals surface area contributed by atoms with Gasteiger partial charge in [0.15, 0.2) is 0 Å². The number of nitrogens with one attached hydrogen (secondary N) is 2. The Kier molecular flexibility index (Phi) is 6.01. The number of ether oxygens (including phenoxy) is 1. The monoisotopic (exact) mass is 355 g/mol. The lowest BCUT2D eigenvalue weighted by Gasteiger charge is -2.30. The van der Waals surface area contributed by atoms with Crippen LogP contribution in [0.2, 0.25) is 0 Å². The van der Waals surface area contributed by atoms with Crippen molar-refractivity contribution in [3.8, 4) is 0 Å². The second-order valence-electron chi connectivity index (χ2n) is 6.31. The Hall–Kier alpha value is -2.67. The summed E-state index contributed by atoms with van der Waals surface area (Å²) in [6.07, 6.45) is 3.95. The molecule has 138 valence electrons. The molecule has 0 saturated carbocycles. The molecule has 0 radical (unpaired) electrons. The number of anilines is 3. The fraction of sp³-hybridized carbons (Fsp3) is 0.421. The number of nitrogens with zero attached hydrogens (tertiary/aromatic N) is 3. The molecule has 1 atom stereocenters. The summed E-state index contributed by atoms with van der Waals surface area (Å²) in [7, 11) is 0. The Bertz CT molecular complexity index is 729. The van der Waals surface area contributed by atoms with Crippen LogP contribution in [0.1, 0.15) is 30.8 Å². The summed E-state index contributed by atoms with van der Waals surface area (Å²) in [5, 5.41) is 6.19. The molecule has 26 heavy (non-hydrogen) atoms. The number of hydrogen-bond acceptors (Lipinski definition) is 6. The van der Waals surface area contributed by atoms with Crippen LogP contribution in [0, 0.1) is 0 Å². The molecule has 2 heterocycles. The highest BCUT2D eigenvalue weighted by molar-refractivity contribution is 5.92. The minimum Gasteiger partial charge on any atom is -0.378 e. The van der Waals surface area contributed by atoms with Crippen molar-refractivity contribution in [2.24, 2.45) is 0 Å². The Balaban J connectivity index is 1.70. The first-order chi connectivity index (χ1) is 12.7. The molecule has 2 aromatic rings. The molecule has 7 nitrogen and oxygen atoms in total. The number of benzene rings is 1. The zero-order chi connectivity index (χ0) is 18.4. The highest BCUT2D eigenvalue weighted by Crippen LogP contribution is 2.28. The second-order valence-corrected chi connectivity index (χ2v) is 6.31. The van der Waals surface area contributed by atoms with Crippen LogP contribution in [0.15, 0.2) is 36.7 Å². The standard InChI is InChI=1S/C19H25N5O2/c1-3-14(2)22-19(25)16-12-21-18(13-20-16)23-15-6-4-5-7-17(15)24-8-10-26-11-9-24/h4-7,12-14H,3,8-11H2,1-2H3,(H,21,23)(H,22,25). The van der Waals surface area contributed by atoms with Gasteiger partial charge in [0, 0.05) is 19.1 Å². The Labute approximate surface area is 153 Å². The third-order valence-electron chi connectivity index (χ3n) is 4.39. The lowest BCUT2D eigenvalue weighted by molar-refractivity contribution is 0.0934. The average Bonchev–Trinajstić information content (AvgIpc) is 2.69. The summed E-state index contributed by atoms with van der Waals surface area (Å²) >= 11 is 0. The zero-order valence-electron chi connectivity index (χ0n) is 15.2. The zero-order valence-corrected chi connectivity index (χ0v) is 15.2. The minimum absolute atomic E-state index is 0.113. The molecule has 2 N–H and O–H groups in total. The summed E-state index contributed by atoms with van der Waals surface area (Å²) in [6, 6.07) is 8.20. The smallest absolute Gasteiger partial charge is 0.271 e. The van der Waals surface area contributed by atoms with Gasteiger partial charge in [0.1, 0.15) is 11.5 Å². The van der Waals surface area contributed by atoms with Crippen LogP contribution in [0.25, 0.3) is 0 Å². The van der Waals surface area contributed by atoms with Gasteiger partial charge < -0.3 is 20.3 Å². The highest BCUT2D eigenvalue weighted by Gasteiger charge is 2.15. The first-order valence-corrected chi connectivity index (χ1v) is 8.99. The van der Waals surface area contributed by atoms with Gasteiger partial charge in [0.25, 0.3) is 5.91 Å². The molecular formula is C19H25N5O2. The number of hydrogen-bond donors (Lipinski definition) is 2. The van der Waals surface area contributed by atoms with Gasteiger partial charge in [0.2, 0.25) is 0 Å². The van der Waals surface area contributed by atoms with Crippen molar-refractivity contribution in [2.75, 3.05) is 36.5 Å². The minimum atomic E-state index is -0.202. The third kappa shape index (κ3) is 4.49. The number of carbonyl (C=O) groups excluding carboxylic acids is 1. The van der Waals surface area contributed by atoms with E-state index in [9.17, 15) is 4.79 Å². The summed E-state index contributed by atoms with van der Waals surface area (Å²) in [5.41, 5.74) is 2.38. The summed E-state index contributed by atoms with van der Waals surface area (Å²) < 4.78 is 5.43. The maximum atomic E-state index is 12.1. The largest absolute Gasteiger partial charge is 0.378 e. The molecule has 0 spiro atoms. The molecular weight excluding hydrogens is 330 g/mol. The van der Waals surface area contributed by atoms with E-state index in [1.54, 1.807) is 6.20 Å². The van der Waals surface area contributed by atoms with Gasteiger partial charge in [-0.05, 0) is 25.5 Å². The van der Waals surface area contributed by atoms with Gasteiger partial charge in [-0.15, -0.1) is 0 Å². The maximum absolute atomic E-state index is 12.1. The summed E-state index contributed by atoms with van der Waals surface area (Å²) in [5.74, 6) is 0.401. The van der Waals surface area contributed by atoms with Crippen molar-refractivity contribution in [3.05, 3.63) is 42.4 Å². The van der Waals surface area contributed by atoms with Crippen LogP contribution in [-0.2, 0) is 4.74 Å². The third-order valence-corrected chi connectivity index (χ3v) is 4.39. The van der Waals surface area contributed by atoms with Gasteiger partial charge in [-0.3, -0.25) is 4.79 Å². The van der Waals surface area contributed by atoms with Gasteiger partial charge in [-0.25, -0.2) is 9.97 Å². The van der Waals surface area contributed by atoms with E-state index in [-0.39, 0.29) is 11.9 Å². The van der Waals surface area contributed by atoms with E-state index in [1.165, 1.54) is 6.20 Å². The van der Waals surface area contributed by atoms with E-state index < -0.39 is 0 Å². The number of aromatic nitrogens is 2. The summed E-state index contributed by atoms with van der Waals surface area (Å²) in [4.78, 5) is 22.9. The first kappa shape index (κ1) is 18.1. The predicted octanol–water partition coefficient (Wildman–Crippen LogP) is 2.59. The fourth-order valence-corrected chi connectivity index (χ4v) is 2.71. The predicted molar refractivity (Wildman–Crippen MR) is 102 cm³/mol. The molecule has 1 aromatic heterocycles. The Morgan fingerprint density at radius 1 is 1.23 bits per heavy atom. The normalized spacial score (nSPS) is 15.4. The molecule has 1 amide bonds. The van der Waals surface area contributed by atoms with Crippen molar-refractivity contribution in [1.82, 2.24) is 15.3 Å². The van der Waals surface area contributed by atoms with Crippen molar-refractivity contribution in [1.29, 1.82) is 0 Å². The molecule has 1 fully saturated rings.